The molecule has 1 fully saturated rings. The largest absolute Gasteiger partial charge is 0.425 e. The third kappa shape index (κ3) is 5.51. The first-order chi connectivity index (χ1) is 14.6. The van der Waals surface area contributed by atoms with Crippen LogP contribution in [0.5, 0.6) is 0 Å². The molecule has 5 nitrogen and oxygen atoms in total. The molecule has 0 saturated carbocycles. The van der Waals surface area contributed by atoms with Crippen molar-refractivity contribution in [1.29, 1.82) is 0 Å². The van der Waals surface area contributed by atoms with Gasteiger partial charge in [0.2, 0.25) is 5.60 Å². The van der Waals surface area contributed by atoms with Gasteiger partial charge in [-0.15, -0.1) is 0 Å². The summed E-state index contributed by atoms with van der Waals surface area (Å²) in [7, 11) is 1.02. The highest BCUT2D eigenvalue weighted by molar-refractivity contribution is 6.30. The molecule has 1 aliphatic heterocycles. The van der Waals surface area contributed by atoms with Gasteiger partial charge in [0.1, 0.15) is 12.2 Å². The molecule has 2 aromatic carbocycles. The molecule has 0 aromatic heterocycles. The summed E-state index contributed by atoms with van der Waals surface area (Å²) in [6.07, 6.45) is -10.0. The third-order valence-electron chi connectivity index (χ3n) is 4.90. The second-order valence-electron chi connectivity index (χ2n) is 7.06. The van der Waals surface area contributed by atoms with Crippen LogP contribution in [0.4, 0.5) is 13.2 Å². The lowest BCUT2D eigenvalue weighted by molar-refractivity contribution is -0.330. The lowest BCUT2D eigenvalue weighted by atomic mass is 9.94. The molecule has 3 rings (SSSR count). The first-order valence-electron chi connectivity index (χ1n) is 9.30. The van der Waals surface area contributed by atoms with E-state index in [9.17, 15) is 18.3 Å². The summed E-state index contributed by atoms with van der Waals surface area (Å²) in [6.45, 7) is -0.344. The van der Waals surface area contributed by atoms with Crippen LogP contribution in [-0.2, 0) is 32.2 Å². The second-order valence-corrected chi connectivity index (χ2v) is 7.94. The van der Waals surface area contributed by atoms with Crippen LogP contribution in [0, 0.1) is 0 Å². The molecule has 0 radical (unpaired) electrons. The van der Waals surface area contributed by atoms with E-state index in [2.05, 4.69) is 0 Å². The Morgan fingerprint density at radius 1 is 0.968 bits per heavy atom. The topological polar surface area (TPSA) is 57.2 Å². The van der Waals surface area contributed by atoms with Gasteiger partial charge in [-0.05, 0) is 35.4 Å². The summed E-state index contributed by atoms with van der Waals surface area (Å²) in [5, 5.41) is 11.6. The third-order valence-corrected chi connectivity index (χ3v) is 5.41. The Morgan fingerprint density at radius 2 is 1.48 bits per heavy atom. The molecular formula is C21H21Cl2F3O5. The van der Waals surface area contributed by atoms with E-state index in [0.717, 1.165) is 12.7 Å². The summed E-state index contributed by atoms with van der Waals surface area (Å²) in [5.41, 5.74) is -2.02. The van der Waals surface area contributed by atoms with Crippen molar-refractivity contribution in [2.75, 3.05) is 13.7 Å². The van der Waals surface area contributed by atoms with E-state index in [-0.39, 0.29) is 19.8 Å². The van der Waals surface area contributed by atoms with Gasteiger partial charge in [0.05, 0.1) is 19.8 Å². The molecule has 1 heterocycles. The maximum Gasteiger partial charge on any atom is 0.425 e. The van der Waals surface area contributed by atoms with Crippen LogP contribution in [0.25, 0.3) is 0 Å². The molecule has 1 N–H and O–H groups in total. The van der Waals surface area contributed by atoms with Gasteiger partial charge in [0.15, 0.2) is 6.29 Å². The van der Waals surface area contributed by atoms with E-state index >= 15 is 0 Å². The lowest BCUT2D eigenvalue weighted by Gasteiger charge is -2.34. The Balaban J connectivity index is 1.74. The van der Waals surface area contributed by atoms with Crippen molar-refractivity contribution in [2.24, 2.45) is 0 Å². The fourth-order valence-corrected chi connectivity index (χ4v) is 3.53. The van der Waals surface area contributed by atoms with E-state index in [1.807, 2.05) is 0 Å². The monoisotopic (exact) mass is 480 g/mol. The van der Waals surface area contributed by atoms with Gasteiger partial charge in [-0.2, -0.15) is 13.2 Å². The number of rotatable bonds is 8. The highest BCUT2D eigenvalue weighted by atomic mass is 35.5. The van der Waals surface area contributed by atoms with Crippen molar-refractivity contribution in [3.8, 4) is 0 Å². The number of aliphatic hydroxyl groups is 1. The van der Waals surface area contributed by atoms with E-state index in [1.54, 1.807) is 48.5 Å². The van der Waals surface area contributed by atoms with Gasteiger partial charge in [-0.1, -0.05) is 47.5 Å². The summed E-state index contributed by atoms with van der Waals surface area (Å²) in [5.74, 6) is 0. The first kappa shape index (κ1) is 24.3. The van der Waals surface area contributed by atoms with Crippen LogP contribution in [-0.4, -0.2) is 49.1 Å². The average molecular weight is 481 g/mol. The number of alkyl halides is 3. The first-order valence-corrected chi connectivity index (χ1v) is 10.1. The lowest BCUT2D eigenvalue weighted by Crippen LogP contribution is -2.60. The molecule has 0 aliphatic carbocycles. The predicted molar refractivity (Wildman–Crippen MR) is 108 cm³/mol. The number of hydrogen-bond acceptors (Lipinski definition) is 5. The van der Waals surface area contributed by atoms with E-state index in [1.165, 1.54) is 0 Å². The SMILES string of the molecule is CO[C@H]1O[C@H](COCc2ccc(Cl)cc2)[C@@H](OCc2ccc(Cl)cc2)[C@]1(O)C(F)(F)F. The summed E-state index contributed by atoms with van der Waals surface area (Å²) < 4.78 is 62.7. The Kier molecular flexibility index (Phi) is 7.86. The van der Waals surface area contributed by atoms with Crippen LogP contribution in [0.1, 0.15) is 11.1 Å². The molecule has 170 valence electrons. The normalized spacial score (nSPS) is 26.4. The fourth-order valence-electron chi connectivity index (χ4n) is 3.28. The van der Waals surface area contributed by atoms with Gasteiger partial charge >= 0.3 is 6.18 Å². The number of methoxy groups -OCH3 is 1. The van der Waals surface area contributed by atoms with Gasteiger partial charge in [-0.25, -0.2) is 0 Å². The second kappa shape index (κ2) is 10.0. The molecule has 2 aromatic rings. The van der Waals surface area contributed by atoms with E-state index in [4.69, 9.17) is 42.1 Å². The predicted octanol–water partition coefficient (Wildman–Crippen LogP) is 4.76. The molecule has 0 bridgehead atoms. The Hall–Kier alpha value is -1.39. The fraction of sp³-hybridized carbons (Fsp3) is 0.429. The van der Waals surface area contributed by atoms with Crippen LogP contribution in [0.15, 0.2) is 48.5 Å². The van der Waals surface area contributed by atoms with Crippen LogP contribution in [0.3, 0.4) is 0 Å². The van der Waals surface area contributed by atoms with Crippen molar-refractivity contribution in [3.63, 3.8) is 0 Å². The van der Waals surface area contributed by atoms with Crippen molar-refractivity contribution in [1.82, 2.24) is 0 Å². The molecule has 4 atom stereocenters. The minimum Gasteiger partial charge on any atom is -0.375 e. The number of benzene rings is 2. The molecule has 0 amide bonds. The quantitative estimate of drug-likeness (QED) is 0.590. The summed E-state index contributed by atoms with van der Waals surface area (Å²) in [6, 6.07) is 13.2. The standard InChI is InChI=1S/C21H21Cl2F3O5/c1-28-19-20(27,21(24,25)26)18(30-11-14-4-8-16(23)9-5-14)17(31-19)12-29-10-13-2-6-15(22)7-3-13/h2-9,17-19,27H,10-12H2,1H3/t17-,18-,19+,20-/m1/s1. The van der Waals surface area contributed by atoms with Crippen LogP contribution in [0.2, 0.25) is 10.0 Å². The molecule has 0 unspecified atom stereocenters. The Morgan fingerprint density at radius 3 is 1.97 bits per heavy atom. The minimum absolute atomic E-state index is 0.114. The molecular weight excluding hydrogens is 460 g/mol. The summed E-state index contributed by atoms with van der Waals surface area (Å²) >= 11 is 11.7. The Labute approximate surface area is 187 Å². The van der Waals surface area contributed by atoms with Crippen molar-refractivity contribution in [2.45, 2.75) is 43.5 Å². The van der Waals surface area contributed by atoms with Gasteiger partial charge in [0.25, 0.3) is 0 Å². The molecule has 1 saturated heterocycles. The van der Waals surface area contributed by atoms with Gasteiger partial charge in [0, 0.05) is 17.2 Å². The van der Waals surface area contributed by atoms with E-state index in [0.29, 0.717) is 15.6 Å². The number of hydrogen-bond donors (Lipinski definition) is 1. The van der Waals surface area contributed by atoms with Crippen LogP contribution < -0.4 is 0 Å². The zero-order valence-electron chi connectivity index (χ0n) is 16.4. The summed E-state index contributed by atoms with van der Waals surface area (Å²) in [4.78, 5) is 0. The highest BCUT2D eigenvalue weighted by Crippen LogP contribution is 2.45. The van der Waals surface area contributed by atoms with Crippen LogP contribution >= 0.6 is 23.2 Å². The van der Waals surface area contributed by atoms with Crippen molar-refractivity contribution in [3.05, 3.63) is 69.7 Å². The van der Waals surface area contributed by atoms with Gasteiger partial charge in [-0.3, -0.25) is 0 Å². The highest BCUT2D eigenvalue weighted by Gasteiger charge is 2.71. The zero-order chi connectivity index (χ0) is 22.6. The molecule has 0 spiro atoms. The molecule has 1 aliphatic rings. The molecule has 31 heavy (non-hydrogen) atoms. The zero-order valence-corrected chi connectivity index (χ0v) is 18.0. The van der Waals surface area contributed by atoms with Crippen molar-refractivity contribution >= 4 is 23.2 Å². The minimum atomic E-state index is -5.07. The maximum atomic E-state index is 13.8. The number of halogens is 5. The Bertz CT molecular complexity index is 848. The smallest absolute Gasteiger partial charge is 0.375 e. The molecule has 10 heteroatoms. The van der Waals surface area contributed by atoms with Crippen molar-refractivity contribution < 1.29 is 37.2 Å². The number of ether oxygens (including phenoxy) is 4. The van der Waals surface area contributed by atoms with E-state index < -0.39 is 30.3 Å². The maximum absolute atomic E-state index is 13.8. The van der Waals surface area contributed by atoms with Gasteiger partial charge < -0.3 is 24.1 Å². The average Bonchev–Trinajstić information content (AvgIpc) is 3.01.